The average Bonchev–Trinajstić information content (AvgIpc) is 1.63. The van der Waals surface area contributed by atoms with Crippen molar-refractivity contribution in [2.45, 2.75) is 149 Å². The number of aromatic nitrogens is 10. The number of aldehydes is 1. The number of imidazole rings is 3. The number of benzene rings is 7. The van der Waals surface area contributed by atoms with E-state index in [0.29, 0.717) is 70.0 Å². The number of fused-ring (bicyclic) bond motifs is 3. The predicted molar refractivity (Wildman–Crippen MR) is 599 cm³/mol. The van der Waals surface area contributed by atoms with Crippen LogP contribution >= 0.6 is 0 Å². The van der Waals surface area contributed by atoms with Gasteiger partial charge in [0.2, 0.25) is 5.82 Å². The number of piperazine rings is 4. The maximum Gasteiger partial charge on any atom is 0.376 e. The molecule has 14 aromatic rings. The number of nitro groups is 1. The van der Waals surface area contributed by atoms with Gasteiger partial charge < -0.3 is 98.4 Å². The topological polar surface area (TPSA) is 375 Å². The number of phenolic OH excluding ortho intramolecular Hbond substituents is 1. The molecule has 7 aromatic carbocycles. The molecule has 0 amide bonds. The molecule has 4 fully saturated rings. The van der Waals surface area contributed by atoms with Gasteiger partial charge >= 0.3 is 33.9 Å². The number of nitrogens with zero attached hydrogens (tertiary/aromatic N) is 18. The third kappa shape index (κ3) is 33.3. The summed E-state index contributed by atoms with van der Waals surface area (Å²) in [5, 5.41) is 59.4. The van der Waals surface area contributed by atoms with Gasteiger partial charge in [0.25, 0.3) is 0 Å². The predicted octanol–water partition coefficient (Wildman–Crippen LogP) is 18.1. The first-order valence-electron chi connectivity index (χ1n) is 47.9. The van der Waals surface area contributed by atoms with Crippen molar-refractivity contribution in [2.24, 2.45) is 0 Å². The van der Waals surface area contributed by atoms with E-state index in [1.54, 1.807) is 49.3 Å². The standard InChI is InChI=1S/C30H40BN5O3Si.C24H26BN5O2.C23H34BN5O3Si.C14H12O2.C10H16BN5O3.5CH4/c1-31(37)35-18-16-34(17-19-35)28-15-14-27-30(33-28)36(23-38-20-21-40(2,3)4)29(32-27)25-10-12-26(13-11-25)39-22-24-8-6-5-7-9-24;1-25(31)30-15-13-29(14-16-30)22-12-11-21-24(27-22)28-23(26-21)19-7-9-20(10-8-19)32-17-18-5-3-2-4-6-18;1-24(31)28-13-11-27(12-14-28)21-10-9-20-23(26-21)29(17-32-15-16-33(2,3)4)22(25-20)18-5-7-19(30)8-6-18;15-10-12-6-8-14(9-7-12)16-11-13-4-2-1-3-5-13;1-11(17)15-6-4-14(5-7-15)9-3-2-8(16(18)19)10(12)13-9;;;;;/h5-15,37H,16-23H2,1-4H3;2-12,31H,13-17H2,1H3,(H,26,27,28);5-10,30-31H,11-17H2,1-4H3;1-10H,11H2;2-3,17H,4-7H2,1H3,(H2,12,13);5*1H4. The van der Waals surface area contributed by atoms with Crippen molar-refractivity contribution in [3.8, 4) is 57.2 Å². The Morgan fingerprint density at radius 2 is 0.724 bits per heavy atom. The van der Waals surface area contributed by atoms with Gasteiger partial charge in [-0.1, -0.05) is 167 Å². The largest absolute Gasteiger partial charge is 0.508 e. The molecule has 0 radical (unpaired) electrons. The van der Waals surface area contributed by atoms with Crippen LogP contribution in [-0.2, 0) is 42.8 Å². The van der Waals surface area contributed by atoms with Crippen molar-refractivity contribution in [1.82, 2.24) is 68.2 Å². The summed E-state index contributed by atoms with van der Waals surface area (Å²) in [4.78, 5) is 74.3. The van der Waals surface area contributed by atoms with Crippen LogP contribution in [0.4, 0.5) is 34.8 Å². The lowest BCUT2D eigenvalue weighted by atomic mass is 9.84. The Labute approximate surface area is 859 Å². The van der Waals surface area contributed by atoms with Crippen molar-refractivity contribution in [3.63, 3.8) is 0 Å². The smallest absolute Gasteiger partial charge is 0.376 e. The number of nitrogens with one attached hydrogen (secondary N) is 1. The van der Waals surface area contributed by atoms with Crippen LogP contribution in [0.3, 0.4) is 0 Å². The van der Waals surface area contributed by atoms with Crippen molar-refractivity contribution >= 4 is 119 Å². The van der Waals surface area contributed by atoms with Gasteiger partial charge in [0, 0.05) is 162 Å². The number of aromatic amines is 1. The van der Waals surface area contributed by atoms with Crippen LogP contribution in [0.15, 0.2) is 237 Å². The number of carbonyl (C=O) groups is 1. The van der Waals surface area contributed by atoms with Gasteiger partial charge in [-0.3, -0.25) is 24.0 Å². The zero-order chi connectivity index (χ0) is 98.8. The van der Waals surface area contributed by atoms with E-state index in [0.717, 1.165) is 230 Å². The molecule has 0 bridgehead atoms. The van der Waals surface area contributed by atoms with Crippen molar-refractivity contribution in [1.29, 1.82) is 0 Å². The molecule has 8 N–H and O–H groups in total. The summed E-state index contributed by atoms with van der Waals surface area (Å²) in [7, 11) is -4.11. The Morgan fingerprint density at radius 1 is 0.400 bits per heavy atom. The molecule has 33 nitrogen and oxygen atoms in total. The second-order valence-corrected chi connectivity index (χ2v) is 48.9. The molecule has 7 aromatic heterocycles. The van der Waals surface area contributed by atoms with Crippen LogP contribution in [0.25, 0.3) is 67.7 Å². The van der Waals surface area contributed by atoms with Crippen molar-refractivity contribution in [3.05, 3.63) is 269 Å². The highest BCUT2D eigenvalue weighted by Gasteiger charge is 2.31. The maximum absolute atomic E-state index is 10.7. The first kappa shape index (κ1) is 116. The highest BCUT2D eigenvalue weighted by molar-refractivity contribution is 6.76. The fourth-order valence-electron chi connectivity index (χ4n) is 16.3. The van der Waals surface area contributed by atoms with E-state index in [4.69, 9.17) is 59.3 Å². The second-order valence-electron chi connectivity index (χ2n) is 37.6. The summed E-state index contributed by atoms with van der Waals surface area (Å²) in [6, 6.07) is 77.8. The molecule has 0 aliphatic carbocycles. The molecular weight excluding hydrogens is 1860 g/mol. The van der Waals surface area contributed by atoms with Crippen LogP contribution in [-0.4, -0.2) is 267 Å². The fourth-order valence-corrected chi connectivity index (χ4v) is 17.8. The highest BCUT2D eigenvalue weighted by Crippen LogP contribution is 2.34. The van der Waals surface area contributed by atoms with Gasteiger partial charge in [0.15, 0.2) is 16.9 Å². The van der Waals surface area contributed by atoms with Crippen LogP contribution in [0, 0.1) is 10.1 Å². The Hall–Kier alpha value is -12.9. The number of pyridine rings is 4. The molecule has 0 unspecified atom stereocenters. The first-order chi connectivity index (χ1) is 67.5. The molecule has 0 spiro atoms. The van der Waals surface area contributed by atoms with Gasteiger partial charge in [-0.15, -0.1) is 0 Å². The SMILES string of the molecule is C.C.C.C.C.CB(O)N1CCN(c2ccc([N+](=O)[O-])c(N)n2)CC1.CB(O)N1CCN(c2ccc3[nH]c(-c4ccc(OCc5ccccc5)cc4)nc3n2)CC1.CB(O)N1CCN(c2ccc3nc(-c4ccc(O)cc4)n(COCC[Si](C)(C)C)c3n2)CC1.CB(O)N1CCN(c2ccc3nc(-c4ccc(OCc5ccccc5)cc4)n(COCC[Si](C)(C)C)c3n2)CC1.O=Cc1ccc(OCc2ccccc2)cc1. The Morgan fingerprint density at radius 3 is 1.06 bits per heavy atom. The number of carbonyl (C=O) groups excluding carboxylic acids is 1. The van der Waals surface area contributed by atoms with E-state index in [1.807, 2.05) is 180 Å². The molecule has 4 saturated heterocycles. The number of nitrogen functional groups attached to an aromatic ring is 1. The van der Waals surface area contributed by atoms with E-state index in [-0.39, 0.29) is 54.4 Å². The number of nitrogens with two attached hydrogens (primary N) is 1. The molecule has 11 heterocycles. The van der Waals surface area contributed by atoms with E-state index >= 15 is 0 Å². The molecule has 18 rings (SSSR count). The molecule has 0 atom stereocenters. The van der Waals surface area contributed by atoms with Crippen molar-refractivity contribution in [2.75, 3.05) is 143 Å². The van der Waals surface area contributed by atoms with E-state index < -0.39 is 49.3 Å². The van der Waals surface area contributed by atoms with Gasteiger partial charge in [-0.05, 0) is 196 Å². The van der Waals surface area contributed by atoms with Crippen LogP contribution in [0.2, 0.25) is 78.7 Å². The zero-order valence-electron chi connectivity index (χ0n) is 81.7. The average molecular weight is 2010 g/mol. The molecule has 39 heteroatoms. The van der Waals surface area contributed by atoms with Crippen LogP contribution < -0.4 is 39.5 Å². The fraction of sp³-hybridized carbons (Fsp3) is 0.377. The minimum atomic E-state index is -1.20. The Balaban J connectivity index is 0.000000206. The minimum absolute atomic E-state index is 0. The van der Waals surface area contributed by atoms with E-state index in [9.17, 15) is 40.1 Å². The summed E-state index contributed by atoms with van der Waals surface area (Å²) in [5.74, 6) is 8.37. The molecular formula is C106H148B4N20O13Si2. The van der Waals surface area contributed by atoms with Gasteiger partial charge in [-0.25, -0.2) is 34.9 Å². The van der Waals surface area contributed by atoms with E-state index in [1.165, 1.54) is 6.07 Å². The summed E-state index contributed by atoms with van der Waals surface area (Å²) in [5.41, 5.74) is 17.3. The quantitative estimate of drug-likeness (QED) is 0.00677. The maximum atomic E-state index is 10.7. The minimum Gasteiger partial charge on any atom is -0.508 e. The Kier molecular flexibility index (Phi) is 44.2. The first-order valence-corrected chi connectivity index (χ1v) is 55.3. The van der Waals surface area contributed by atoms with Gasteiger partial charge in [0.1, 0.15) is 114 Å². The Bertz CT molecular complexity index is 6250. The monoisotopic (exact) mass is 2010 g/mol. The normalized spacial score (nSPS) is 14.0. The number of phenols is 1. The van der Waals surface area contributed by atoms with Gasteiger partial charge in [0.05, 0.1) is 10.4 Å². The number of H-pyrrole nitrogens is 1. The van der Waals surface area contributed by atoms with Crippen LogP contribution in [0.1, 0.15) is 64.2 Å². The number of hydrogen-bond acceptors (Lipinski definition) is 29. The lowest BCUT2D eigenvalue weighted by molar-refractivity contribution is -0.384. The van der Waals surface area contributed by atoms with Crippen LogP contribution in [0.5, 0.6) is 23.0 Å². The number of hydrogen-bond donors (Lipinski definition) is 7. The molecule has 4 aliphatic rings. The summed E-state index contributed by atoms with van der Waals surface area (Å²) >= 11 is 0. The number of rotatable bonds is 32. The number of aromatic hydroxyl groups is 1. The summed E-state index contributed by atoms with van der Waals surface area (Å²) < 4.78 is 33.9. The number of ether oxygens (including phenoxy) is 5. The molecule has 0 saturated carbocycles. The van der Waals surface area contributed by atoms with E-state index in [2.05, 4.69) is 125 Å². The highest BCUT2D eigenvalue weighted by atomic mass is 28.3. The zero-order valence-corrected chi connectivity index (χ0v) is 83.7. The molecule has 145 heavy (non-hydrogen) atoms. The van der Waals surface area contributed by atoms with Crippen molar-refractivity contribution < 1.29 is 58.6 Å². The summed E-state index contributed by atoms with van der Waals surface area (Å²) in [6.45, 7) is 37.8. The lowest BCUT2D eigenvalue weighted by Gasteiger charge is -2.35. The number of anilines is 5. The second kappa shape index (κ2) is 55.4. The molecule has 4 aliphatic heterocycles. The molecule has 770 valence electrons. The summed E-state index contributed by atoms with van der Waals surface area (Å²) in [6.07, 6.45) is 0.820. The van der Waals surface area contributed by atoms with Gasteiger partial charge in [-0.2, -0.15) is 0 Å². The third-order valence-electron chi connectivity index (χ3n) is 24.8. The lowest BCUT2D eigenvalue weighted by Crippen LogP contribution is -2.51. The third-order valence-corrected chi connectivity index (χ3v) is 28.2.